The minimum Gasteiger partial charge on any atom is -0.485 e. The van der Waals surface area contributed by atoms with Crippen molar-refractivity contribution in [3.05, 3.63) is 27.8 Å². The zero-order valence-corrected chi connectivity index (χ0v) is 12.8. The molecule has 110 valence electrons. The molecule has 0 bridgehead atoms. The quantitative estimate of drug-likeness (QED) is 0.771. The third-order valence-corrected chi connectivity index (χ3v) is 5.53. The second-order valence-corrected chi connectivity index (χ2v) is 6.62. The fourth-order valence-electron chi connectivity index (χ4n) is 3.73. The van der Waals surface area contributed by atoms with Crippen molar-refractivity contribution in [1.29, 1.82) is 0 Å². The summed E-state index contributed by atoms with van der Waals surface area (Å²) in [6, 6.07) is 1.56. The monoisotopic (exact) mass is 295 g/mol. The molecule has 20 heavy (non-hydrogen) atoms. The molecule has 3 rings (SSSR count). The molecule has 1 saturated carbocycles. The highest BCUT2D eigenvalue weighted by molar-refractivity contribution is 6.32. The maximum Gasteiger partial charge on any atom is 0.127 e. The molecule has 1 aromatic rings. The summed E-state index contributed by atoms with van der Waals surface area (Å²) < 4.78 is 6.32. The highest BCUT2D eigenvalue weighted by atomic mass is 35.5. The minimum atomic E-state index is -0.699. The molecule has 1 aliphatic heterocycles. The van der Waals surface area contributed by atoms with E-state index >= 15 is 0 Å². The number of hydrogen-bond donors (Lipinski definition) is 2. The molecule has 0 aromatic heterocycles. The number of aliphatic hydroxyl groups excluding tert-OH is 1. The van der Waals surface area contributed by atoms with Crippen molar-refractivity contribution >= 4 is 11.6 Å². The van der Waals surface area contributed by atoms with Gasteiger partial charge in [-0.3, -0.25) is 0 Å². The molecule has 0 amide bonds. The molecule has 2 aliphatic rings. The lowest BCUT2D eigenvalue weighted by molar-refractivity contribution is -0.0584. The highest BCUT2D eigenvalue weighted by Gasteiger charge is 2.48. The number of aryl methyl sites for hydroxylation is 1. The third-order valence-electron chi connectivity index (χ3n) is 4.95. The largest absolute Gasteiger partial charge is 0.485 e. The van der Waals surface area contributed by atoms with E-state index in [1.54, 1.807) is 0 Å². The van der Waals surface area contributed by atoms with Crippen LogP contribution >= 0.6 is 11.6 Å². The van der Waals surface area contributed by atoms with E-state index in [1.807, 2.05) is 19.9 Å². The second kappa shape index (κ2) is 4.90. The SMILES string of the molecule is Cc1cc2c(c(C)c1Cl)C(O)C(N)C1(CCCCC1)O2. The van der Waals surface area contributed by atoms with E-state index in [-0.39, 0.29) is 6.04 Å². The van der Waals surface area contributed by atoms with Crippen molar-refractivity contribution in [1.82, 2.24) is 0 Å². The first-order valence-electron chi connectivity index (χ1n) is 7.38. The summed E-state index contributed by atoms with van der Waals surface area (Å²) >= 11 is 6.30. The molecule has 3 N–H and O–H groups in total. The number of fused-ring (bicyclic) bond motifs is 1. The molecule has 1 fully saturated rings. The maximum atomic E-state index is 10.7. The van der Waals surface area contributed by atoms with Crippen LogP contribution in [0.4, 0.5) is 0 Å². The lowest BCUT2D eigenvalue weighted by Gasteiger charge is -2.48. The first-order valence-corrected chi connectivity index (χ1v) is 7.76. The van der Waals surface area contributed by atoms with Crippen LogP contribution in [0.2, 0.25) is 5.02 Å². The predicted octanol–water partition coefficient (Wildman–Crippen LogP) is 3.41. The van der Waals surface area contributed by atoms with Gasteiger partial charge in [0.1, 0.15) is 17.5 Å². The Balaban J connectivity index is 2.11. The van der Waals surface area contributed by atoms with Gasteiger partial charge in [0.25, 0.3) is 0 Å². The fraction of sp³-hybridized carbons (Fsp3) is 0.625. The molecule has 1 spiro atoms. The average molecular weight is 296 g/mol. The van der Waals surface area contributed by atoms with Gasteiger partial charge in [0.15, 0.2) is 0 Å². The van der Waals surface area contributed by atoms with Gasteiger partial charge in [0, 0.05) is 10.6 Å². The van der Waals surface area contributed by atoms with Crippen LogP contribution < -0.4 is 10.5 Å². The standard InChI is InChI=1S/C16H22ClNO2/c1-9-8-11-12(10(2)13(9)17)14(19)15(18)16(20-11)6-4-3-5-7-16/h8,14-15,19H,3-7,18H2,1-2H3. The normalized spacial score (nSPS) is 28.1. The van der Waals surface area contributed by atoms with E-state index in [9.17, 15) is 5.11 Å². The van der Waals surface area contributed by atoms with Crippen molar-refractivity contribution in [3.8, 4) is 5.75 Å². The van der Waals surface area contributed by atoms with Crippen molar-refractivity contribution < 1.29 is 9.84 Å². The van der Waals surface area contributed by atoms with Crippen molar-refractivity contribution in [2.24, 2.45) is 5.73 Å². The van der Waals surface area contributed by atoms with Gasteiger partial charge >= 0.3 is 0 Å². The highest BCUT2D eigenvalue weighted by Crippen LogP contribution is 2.48. The van der Waals surface area contributed by atoms with E-state index < -0.39 is 11.7 Å². The second-order valence-electron chi connectivity index (χ2n) is 6.24. The maximum absolute atomic E-state index is 10.7. The number of nitrogens with two attached hydrogens (primary N) is 1. The minimum absolute atomic E-state index is 0.382. The van der Waals surface area contributed by atoms with Crippen LogP contribution in [0.15, 0.2) is 6.07 Å². The number of aliphatic hydroxyl groups is 1. The Morgan fingerprint density at radius 2 is 1.95 bits per heavy atom. The topological polar surface area (TPSA) is 55.5 Å². The summed E-state index contributed by atoms with van der Waals surface area (Å²) in [5.41, 5.74) is 8.57. The van der Waals surface area contributed by atoms with Gasteiger partial charge in [-0.2, -0.15) is 0 Å². The van der Waals surface area contributed by atoms with Crippen molar-refractivity contribution in [3.63, 3.8) is 0 Å². The Labute approximate surface area is 125 Å². The van der Waals surface area contributed by atoms with E-state index in [4.69, 9.17) is 22.1 Å². The van der Waals surface area contributed by atoms with Crippen LogP contribution in [0, 0.1) is 13.8 Å². The number of rotatable bonds is 0. The van der Waals surface area contributed by atoms with Gasteiger partial charge in [-0.25, -0.2) is 0 Å². The number of ether oxygens (including phenoxy) is 1. The Kier molecular flexibility index (Phi) is 3.47. The van der Waals surface area contributed by atoms with Crippen LogP contribution in [0.1, 0.15) is 54.9 Å². The summed E-state index contributed by atoms with van der Waals surface area (Å²) in [6.45, 7) is 3.89. The molecule has 2 unspecified atom stereocenters. The van der Waals surface area contributed by atoms with Crippen molar-refractivity contribution in [2.45, 2.75) is 63.7 Å². The molecule has 1 heterocycles. The fourth-order valence-corrected chi connectivity index (χ4v) is 3.88. The van der Waals surface area contributed by atoms with E-state index in [2.05, 4.69) is 0 Å². The Bertz CT molecular complexity index is 538. The molecular weight excluding hydrogens is 274 g/mol. The Hall–Kier alpha value is -0.770. The molecule has 0 saturated heterocycles. The van der Waals surface area contributed by atoms with Gasteiger partial charge in [-0.15, -0.1) is 0 Å². The summed E-state index contributed by atoms with van der Waals surface area (Å²) in [5.74, 6) is 0.764. The number of benzene rings is 1. The zero-order valence-electron chi connectivity index (χ0n) is 12.1. The van der Waals surface area contributed by atoms with Crippen LogP contribution in [0.3, 0.4) is 0 Å². The molecule has 3 nitrogen and oxygen atoms in total. The van der Waals surface area contributed by atoms with Crippen LogP contribution in [-0.2, 0) is 0 Å². The van der Waals surface area contributed by atoms with Crippen LogP contribution in [0.25, 0.3) is 0 Å². The summed E-state index contributed by atoms with van der Waals surface area (Å²) in [5, 5.41) is 11.4. The third kappa shape index (κ3) is 1.95. The van der Waals surface area contributed by atoms with E-state index in [0.29, 0.717) is 5.02 Å². The number of halogens is 1. The summed E-state index contributed by atoms with van der Waals surface area (Å²) in [7, 11) is 0. The first kappa shape index (κ1) is 14.2. The molecule has 4 heteroatoms. The van der Waals surface area contributed by atoms with Gasteiger partial charge in [0.2, 0.25) is 0 Å². The van der Waals surface area contributed by atoms with Crippen molar-refractivity contribution in [2.75, 3.05) is 0 Å². The van der Waals surface area contributed by atoms with Gasteiger partial charge in [-0.05, 0) is 56.7 Å². The lowest BCUT2D eigenvalue weighted by atomic mass is 9.74. The molecule has 1 aromatic carbocycles. The Morgan fingerprint density at radius 1 is 1.30 bits per heavy atom. The van der Waals surface area contributed by atoms with Gasteiger partial charge < -0.3 is 15.6 Å². The van der Waals surface area contributed by atoms with Crippen LogP contribution in [0.5, 0.6) is 5.75 Å². The molecule has 0 radical (unpaired) electrons. The molecular formula is C16H22ClNO2. The molecule has 2 atom stereocenters. The first-order chi connectivity index (χ1) is 9.46. The molecule has 1 aliphatic carbocycles. The predicted molar refractivity (Wildman–Crippen MR) is 80.3 cm³/mol. The van der Waals surface area contributed by atoms with Gasteiger partial charge in [0.05, 0.1) is 6.04 Å². The summed E-state index contributed by atoms with van der Waals surface area (Å²) in [6.07, 6.45) is 4.59. The van der Waals surface area contributed by atoms with Crippen LogP contribution in [-0.4, -0.2) is 16.7 Å². The lowest BCUT2D eigenvalue weighted by Crippen LogP contribution is -2.58. The van der Waals surface area contributed by atoms with E-state index in [1.165, 1.54) is 6.42 Å². The smallest absolute Gasteiger partial charge is 0.127 e. The number of hydrogen-bond acceptors (Lipinski definition) is 3. The van der Waals surface area contributed by atoms with E-state index in [0.717, 1.165) is 48.1 Å². The summed E-state index contributed by atoms with van der Waals surface area (Å²) in [4.78, 5) is 0. The Morgan fingerprint density at radius 3 is 2.60 bits per heavy atom. The van der Waals surface area contributed by atoms with Gasteiger partial charge in [-0.1, -0.05) is 18.0 Å². The zero-order chi connectivity index (χ0) is 14.5. The average Bonchev–Trinajstić information content (AvgIpc) is 2.43.